The number of carbonyl (C=O) groups is 1. The number of para-hydroxylation sites is 1. The Kier molecular flexibility index (Phi) is 7.41. The van der Waals surface area contributed by atoms with E-state index in [9.17, 15) is 21.6 Å². The molecule has 0 atom stereocenters. The van der Waals surface area contributed by atoms with Gasteiger partial charge in [-0.2, -0.15) is 0 Å². The third-order valence-electron chi connectivity index (χ3n) is 5.54. The maximum Gasteiger partial charge on any atom is 0.276 e. The number of nitrogens with one attached hydrogen (secondary N) is 1. The molecule has 1 aromatic carbocycles. The van der Waals surface area contributed by atoms with Crippen LogP contribution in [-0.4, -0.2) is 53.3 Å². The highest BCUT2D eigenvalue weighted by Gasteiger charge is 2.29. The van der Waals surface area contributed by atoms with E-state index in [0.29, 0.717) is 27.0 Å². The molecule has 13 heteroatoms. The molecule has 0 aliphatic carbocycles. The van der Waals surface area contributed by atoms with Gasteiger partial charge in [0.05, 0.1) is 22.0 Å². The molecule has 0 saturated heterocycles. The lowest BCUT2D eigenvalue weighted by Crippen LogP contribution is -2.34. The Morgan fingerprint density at radius 2 is 1.86 bits per heavy atom. The molecular weight excluding hydrogens is 544 g/mol. The van der Waals surface area contributed by atoms with Gasteiger partial charge in [0.1, 0.15) is 11.5 Å². The SMILES string of the molecule is CN(c1ccccc1-c1ccc(N2CC=C(NS(=O)(=O)CCc3ccc(Cl)s3)C2=O)nc1)S(C)(=O)=O. The minimum atomic E-state index is -3.74. The van der Waals surface area contributed by atoms with Crippen molar-refractivity contribution in [1.29, 1.82) is 0 Å². The first-order valence-corrected chi connectivity index (χ1v) is 15.4. The quantitative estimate of drug-likeness (QED) is 0.425. The molecule has 1 N–H and O–H groups in total. The number of aromatic nitrogens is 1. The Morgan fingerprint density at radius 1 is 1.11 bits per heavy atom. The molecule has 2 aromatic heterocycles. The smallest absolute Gasteiger partial charge is 0.276 e. The summed E-state index contributed by atoms with van der Waals surface area (Å²) in [6.07, 6.45) is 4.47. The molecule has 0 bridgehead atoms. The molecule has 1 aliphatic heterocycles. The minimum absolute atomic E-state index is 0.0230. The van der Waals surface area contributed by atoms with E-state index in [-0.39, 0.29) is 24.4 Å². The van der Waals surface area contributed by atoms with Crippen LogP contribution < -0.4 is 13.9 Å². The first-order valence-electron chi connectivity index (χ1n) is 10.7. The highest BCUT2D eigenvalue weighted by atomic mass is 35.5. The normalized spacial score (nSPS) is 14.1. The van der Waals surface area contributed by atoms with Crippen LogP contribution in [0.25, 0.3) is 11.1 Å². The summed E-state index contributed by atoms with van der Waals surface area (Å²) in [7, 11) is -5.73. The van der Waals surface area contributed by atoms with Gasteiger partial charge in [-0.3, -0.25) is 18.7 Å². The molecule has 9 nitrogen and oxygen atoms in total. The van der Waals surface area contributed by atoms with Gasteiger partial charge in [0.2, 0.25) is 20.0 Å². The zero-order valence-corrected chi connectivity index (χ0v) is 22.6. The molecule has 3 heterocycles. The van der Waals surface area contributed by atoms with Crippen LogP contribution in [0.15, 0.2) is 66.5 Å². The van der Waals surface area contributed by atoms with Crippen molar-refractivity contribution in [2.45, 2.75) is 6.42 Å². The third kappa shape index (κ3) is 5.89. The Bertz CT molecular complexity index is 1530. The second kappa shape index (κ2) is 10.2. The summed E-state index contributed by atoms with van der Waals surface area (Å²) >= 11 is 7.20. The molecule has 3 aromatic rings. The molecule has 0 radical (unpaired) electrons. The molecule has 1 amide bonds. The Labute approximate surface area is 219 Å². The summed E-state index contributed by atoms with van der Waals surface area (Å²) in [6, 6.07) is 13.9. The summed E-state index contributed by atoms with van der Waals surface area (Å²) in [5, 5.41) is 0. The number of aryl methyl sites for hydroxylation is 1. The number of amides is 1. The number of anilines is 2. The van der Waals surface area contributed by atoms with Crippen molar-refractivity contribution in [3.05, 3.63) is 75.7 Å². The summed E-state index contributed by atoms with van der Waals surface area (Å²) in [4.78, 5) is 19.4. The van der Waals surface area contributed by atoms with Gasteiger partial charge in [0.25, 0.3) is 5.91 Å². The number of halogens is 1. The van der Waals surface area contributed by atoms with Crippen molar-refractivity contribution < 1.29 is 21.6 Å². The molecular formula is C23H23ClN4O5S3. The highest BCUT2D eigenvalue weighted by molar-refractivity contribution is 7.92. The molecule has 0 unspecified atom stereocenters. The van der Waals surface area contributed by atoms with Gasteiger partial charge in [-0.05, 0) is 42.8 Å². The fourth-order valence-corrected chi connectivity index (χ4v) is 6.43. The molecule has 0 saturated carbocycles. The largest absolute Gasteiger partial charge is 0.287 e. The molecule has 0 spiro atoms. The summed E-state index contributed by atoms with van der Waals surface area (Å²) in [5.41, 5.74) is 1.80. The minimum Gasteiger partial charge on any atom is -0.287 e. The maximum atomic E-state index is 12.9. The number of hydrogen-bond acceptors (Lipinski definition) is 7. The van der Waals surface area contributed by atoms with E-state index >= 15 is 0 Å². The van der Waals surface area contributed by atoms with E-state index in [4.69, 9.17) is 11.6 Å². The topological polar surface area (TPSA) is 117 Å². The Hall–Kier alpha value is -2.93. The average Bonchev–Trinajstić information content (AvgIpc) is 3.42. The van der Waals surface area contributed by atoms with E-state index in [2.05, 4.69) is 9.71 Å². The van der Waals surface area contributed by atoms with Gasteiger partial charge < -0.3 is 0 Å². The van der Waals surface area contributed by atoms with Gasteiger partial charge in [0, 0.05) is 35.8 Å². The zero-order valence-electron chi connectivity index (χ0n) is 19.4. The lowest BCUT2D eigenvalue weighted by atomic mass is 10.1. The van der Waals surface area contributed by atoms with E-state index in [1.54, 1.807) is 54.7 Å². The van der Waals surface area contributed by atoms with Gasteiger partial charge in [-0.15, -0.1) is 11.3 Å². The first-order chi connectivity index (χ1) is 16.9. The number of hydrogen-bond donors (Lipinski definition) is 1. The fraction of sp³-hybridized carbons (Fsp3) is 0.217. The predicted molar refractivity (Wildman–Crippen MR) is 143 cm³/mol. The van der Waals surface area contributed by atoms with Gasteiger partial charge in [-0.25, -0.2) is 21.8 Å². The maximum absolute atomic E-state index is 12.9. The van der Waals surface area contributed by atoms with E-state index in [1.165, 1.54) is 33.7 Å². The van der Waals surface area contributed by atoms with Crippen LogP contribution in [0.1, 0.15) is 4.88 Å². The van der Waals surface area contributed by atoms with Crippen molar-refractivity contribution in [3.8, 4) is 11.1 Å². The second-order valence-electron chi connectivity index (χ2n) is 8.06. The molecule has 0 fully saturated rings. The van der Waals surface area contributed by atoms with Gasteiger partial charge in [0.15, 0.2) is 0 Å². The molecule has 4 rings (SSSR count). The van der Waals surface area contributed by atoms with E-state index in [1.807, 2.05) is 0 Å². The third-order valence-corrected chi connectivity index (χ3v) is 9.30. The van der Waals surface area contributed by atoms with Crippen molar-refractivity contribution in [2.24, 2.45) is 0 Å². The van der Waals surface area contributed by atoms with E-state index < -0.39 is 26.0 Å². The van der Waals surface area contributed by atoms with Crippen LogP contribution in [-0.2, 0) is 31.3 Å². The molecule has 36 heavy (non-hydrogen) atoms. The van der Waals surface area contributed by atoms with Crippen LogP contribution in [0.5, 0.6) is 0 Å². The molecule has 1 aliphatic rings. The Balaban J connectivity index is 1.45. The van der Waals surface area contributed by atoms with Crippen molar-refractivity contribution >= 4 is 60.4 Å². The number of carbonyl (C=O) groups excluding carboxylic acids is 1. The van der Waals surface area contributed by atoms with E-state index in [0.717, 1.165) is 11.1 Å². The number of nitrogens with zero attached hydrogens (tertiary/aromatic N) is 3. The summed E-state index contributed by atoms with van der Waals surface area (Å²) < 4.78 is 53.2. The van der Waals surface area contributed by atoms with Crippen molar-refractivity contribution in [3.63, 3.8) is 0 Å². The fourth-order valence-electron chi connectivity index (χ4n) is 3.60. The number of benzene rings is 1. The van der Waals surface area contributed by atoms with Crippen LogP contribution in [0.3, 0.4) is 0 Å². The van der Waals surface area contributed by atoms with Gasteiger partial charge >= 0.3 is 0 Å². The monoisotopic (exact) mass is 566 g/mol. The lowest BCUT2D eigenvalue weighted by molar-refractivity contribution is -0.114. The Morgan fingerprint density at radius 3 is 2.50 bits per heavy atom. The number of thiophene rings is 1. The number of pyridine rings is 1. The second-order valence-corrected chi connectivity index (χ2v) is 13.7. The molecule has 190 valence electrons. The van der Waals surface area contributed by atoms with Crippen molar-refractivity contribution in [1.82, 2.24) is 9.71 Å². The number of sulfonamides is 2. The zero-order chi connectivity index (χ0) is 26.1. The van der Waals surface area contributed by atoms with Crippen LogP contribution in [0.2, 0.25) is 4.34 Å². The summed E-state index contributed by atoms with van der Waals surface area (Å²) in [5.74, 6) is -0.338. The average molecular weight is 567 g/mol. The first kappa shape index (κ1) is 26.1. The number of rotatable bonds is 9. The van der Waals surface area contributed by atoms with Crippen molar-refractivity contribution in [2.75, 3.05) is 34.8 Å². The van der Waals surface area contributed by atoms with Crippen LogP contribution in [0.4, 0.5) is 11.5 Å². The standard InChI is InChI=1S/C23H23ClN4O5S3/c1-27(35(2,30)31)20-6-4-3-5-18(20)16-7-10-22(25-15-16)28-13-11-19(23(28)29)26-36(32,33)14-12-17-8-9-21(24)34-17/h3-11,15,26H,12-14H2,1-2H3. The van der Waals surface area contributed by atoms with Gasteiger partial charge in [-0.1, -0.05) is 29.8 Å². The van der Waals surface area contributed by atoms with Crippen LogP contribution >= 0.6 is 22.9 Å². The summed E-state index contributed by atoms with van der Waals surface area (Å²) in [6.45, 7) is 0.164. The lowest BCUT2D eigenvalue weighted by Gasteiger charge is -2.21. The van der Waals surface area contributed by atoms with Crippen LogP contribution in [0, 0.1) is 0 Å². The predicted octanol–water partition coefficient (Wildman–Crippen LogP) is 3.25. The highest BCUT2D eigenvalue weighted by Crippen LogP contribution is 2.32.